The van der Waals surface area contributed by atoms with Crippen molar-refractivity contribution in [3.8, 4) is 28.3 Å². The van der Waals surface area contributed by atoms with Crippen LogP contribution in [-0.2, 0) is 12.8 Å². The molecule has 0 atom stereocenters. The minimum absolute atomic E-state index is 0.715. The molecule has 0 saturated heterocycles. The van der Waals surface area contributed by atoms with E-state index in [1.165, 1.54) is 96.5 Å². The maximum absolute atomic E-state index is 5.66. The first-order valence-corrected chi connectivity index (χ1v) is 19.6. The maximum atomic E-state index is 5.66. The fourth-order valence-electron chi connectivity index (χ4n) is 9.50. The van der Waals surface area contributed by atoms with E-state index in [1.54, 1.807) is 0 Å². The molecule has 10 aromatic rings. The van der Waals surface area contributed by atoms with E-state index in [9.17, 15) is 0 Å². The van der Waals surface area contributed by atoms with Crippen LogP contribution in [0.5, 0.6) is 0 Å². The Labute approximate surface area is 314 Å². The highest BCUT2D eigenvalue weighted by atomic mass is 15.2. The molecule has 0 radical (unpaired) electrons. The summed E-state index contributed by atoms with van der Waals surface area (Å²) < 4.78 is 2.44. The Morgan fingerprint density at radius 2 is 1.06 bits per heavy atom. The van der Waals surface area contributed by atoms with Crippen molar-refractivity contribution in [2.45, 2.75) is 44.9 Å². The number of hydrogen-bond acceptors (Lipinski definition) is 2. The summed E-state index contributed by atoms with van der Waals surface area (Å²) in [5.74, 6) is 0.715. The highest BCUT2D eigenvalue weighted by molar-refractivity contribution is 6.31. The lowest BCUT2D eigenvalue weighted by Crippen LogP contribution is -2.06. The van der Waals surface area contributed by atoms with Crippen molar-refractivity contribution >= 4 is 65.0 Å². The van der Waals surface area contributed by atoms with Crippen LogP contribution in [0.3, 0.4) is 0 Å². The summed E-state index contributed by atoms with van der Waals surface area (Å²) in [6.07, 6.45) is 8.22. The largest absolute Gasteiger partial charge is 0.278 e. The molecule has 0 spiro atoms. The number of fused-ring (bicyclic) bond motifs is 14. The molecule has 2 heterocycles. The van der Waals surface area contributed by atoms with Gasteiger partial charge in [-0.3, -0.25) is 4.57 Å². The van der Waals surface area contributed by atoms with Gasteiger partial charge in [0.25, 0.3) is 0 Å². The number of hydrogen-bond donors (Lipinski definition) is 0. The molecule has 0 aliphatic heterocycles. The third-order valence-corrected chi connectivity index (χ3v) is 11.9. The van der Waals surface area contributed by atoms with Gasteiger partial charge in [0, 0.05) is 21.7 Å². The highest BCUT2D eigenvalue weighted by Gasteiger charge is 2.27. The van der Waals surface area contributed by atoms with Crippen molar-refractivity contribution in [1.82, 2.24) is 14.5 Å². The van der Waals surface area contributed by atoms with Gasteiger partial charge in [-0.2, -0.15) is 0 Å². The van der Waals surface area contributed by atoms with Crippen molar-refractivity contribution in [3.05, 3.63) is 163 Å². The van der Waals surface area contributed by atoms with E-state index in [-0.39, 0.29) is 0 Å². The molecule has 3 heteroatoms. The normalized spacial score (nSPS) is 13.8. The number of rotatable bonds is 2. The second kappa shape index (κ2) is 12.7. The summed E-state index contributed by atoms with van der Waals surface area (Å²) >= 11 is 0. The second-order valence-corrected chi connectivity index (χ2v) is 15.0. The summed E-state index contributed by atoms with van der Waals surface area (Å²) in [7, 11) is 0. The highest BCUT2D eigenvalue weighted by Crippen LogP contribution is 2.48. The molecule has 1 aliphatic carbocycles. The van der Waals surface area contributed by atoms with Gasteiger partial charge in [-0.25, -0.2) is 9.97 Å². The van der Waals surface area contributed by atoms with Crippen molar-refractivity contribution in [3.63, 3.8) is 0 Å². The van der Waals surface area contributed by atoms with E-state index < -0.39 is 0 Å². The molecule has 0 unspecified atom stereocenters. The molecule has 3 nitrogen and oxygen atoms in total. The standard InChI is InChI=1S/C51H39N3/c1-2-4-17-34-19-7-10-23-37(34)46-39-25-12-13-26-40(39)48-47-38-24-11-8-20-35(38)31-32-45(47)54(50(48)43(46)28-5-3-1)51-52-44-30-15-14-27-42(44)49(53-51)41-29-16-21-33-18-6-9-22-36(33)41/h6-16,18-27,29-32H,1-5,17,28H2. The van der Waals surface area contributed by atoms with Crippen LogP contribution in [0.4, 0.5) is 0 Å². The van der Waals surface area contributed by atoms with Crippen molar-refractivity contribution in [2.75, 3.05) is 0 Å². The van der Waals surface area contributed by atoms with Gasteiger partial charge in [0.05, 0.1) is 22.2 Å². The van der Waals surface area contributed by atoms with Crippen LogP contribution >= 0.6 is 0 Å². The van der Waals surface area contributed by atoms with E-state index in [0.29, 0.717) is 5.95 Å². The number of aromatic nitrogens is 3. The first kappa shape index (κ1) is 31.2. The Balaban J connectivity index is 1.36. The van der Waals surface area contributed by atoms with Gasteiger partial charge < -0.3 is 0 Å². The molecule has 0 saturated carbocycles. The van der Waals surface area contributed by atoms with Gasteiger partial charge in [0.1, 0.15) is 0 Å². The van der Waals surface area contributed by atoms with Crippen LogP contribution in [0.25, 0.3) is 93.4 Å². The Hall–Kier alpha value is -6.32. The summed E-state index contributed by atoms with van der Waals surface area (Å²) in [5, 5.41) is 11.1. The lowest BCUT2D eigenvalue weighted by molar-refractivity contribution is 0.616. The molecule has 0 amide bonds. The fraction of sp³-hybridized carbons (Fsp3) is 0.137. The quantitative estimate of drug-likeness (QED) is 0.180. The molecular formula is C51H39N3. The Morgan fingerprint density at radius 1 is 0.426 bits per heavy atom. The number of aryl methyl sites for hydroxylation is 2. The molecule has 8 aromatic carbocycles. The fourth-order valence-corrected chi connectivity index (χ4v) is 9.50. The summed E-state index contributed by atoms with van der Waals surface area (Å²) in [4.78, 5) is 11.1. The van der Waals surface area contributed by atoms with E-state index >= 15 is 0 Å². The SMILES string of the molecule is c1ccc2c(c1)CCCCCCCc1c-2c2ccccc2c2c3c4ccccc4ccc3n(-c3nc(-c4cccc5ccccc45)c4ccccc4n3)c12. The minimum Gasteiger partial charge on any atom is -0.278 e. The van der Waals surface area contributed by atoms with Crippen LogP contribution in [0, 0.1) is 0 Å². The average Bonchev–Trinajstić information content (AvgIpc) is 3.57. The van der Waals surface area contributed by atoms with Crippen molar-refractivity contribution < 1.29 is 0 Å². The summed E-state index contributed by atoms with van der Waals surface area (Å²) in [5.41, 5.74) is 11.0. The van der Waals surface area contributed by atoms with Crippen LogP contribution in [0.1, 0.15) is 43.2 Å². The van der Waals surface area contributed by atoms with E-state index in [4.69, 9.17) is 9.97 Å². The summed E-state index contributed by atoms with van der Waals surface area (Å²) in [6, 6.07) is 55.5. The molecule has 2 aromatic heterocycles. The monoisotopic (exact) mass is 693 g/mol. The Kier molecular flexibility index (Phi) is 7.33. The average molecular weight is 694 g/mol. The molecule has 11 rings (SSSR count). The predicted molar refractivity (Wildman–Crippen MR) is 228 cm³/mol. The minimum atomic E-state index is 0.715. The topological polar surface area (TPSA) is 30.7 Å². The third-order valence-electron chi connectivity index (χ3n) is 11.9. The molecule has 258 valence electrons. The van der Waals surface area contributed by atoms with Crippen molar-refractivity contribution in [2.24, 2.45) is 0 Å². The van der Waals surface area contributed by atoms with Gasteiger partial charge in [-0.1, -0.05) is 159 Å². The molecular weight excluding hydrogens is 655 g/mol. The second-order valence-electron chi connectivity index (χ2n) is 15.0. The van der Waals surface area contributed by atoms with Crippen LogP contribution in [-0.4, -0.2) is 14.5 Å². The lowest BCUT2D eigenvalue weighted by Gasteiger charge is -2.20. The first-order valence-electron chi connectivity index (χ1n) is 19.6. The van der Waals surface area contributed by atoms with Crippen LogP contribution in [0.2, 0.25) is 0 Å². The molecule has 0 bridgehead atoms. The predicted octanol–water partition coefficient (Wildman–Crippen LogP) is 13.6. The first-order chi connectivity index (χ1) is 26.8. The molecule has 54 heavy (non-hydrogen) atoms. The zero-order chi connectivity index (χ0) is 35.6. The van der Waals surface area contributed by atoms with E-state index in [0.717, 1.165) is 46.9 Å². The maximum Gasteiger partial charge on any atom is 0.235 e. The zero-order valence-corrected chi connectivity index (χ0v) is 30.2. The number of para-hydroxylation sites is 1. The molecule has 0 N–H and O–H groups in total. The Bertz CT molecular complexity index is 3090. The van der Waals surface area contributed by atoms with Gasteiger partial charge in [-0.15, -0.1) is 0 Å². The van der Waals surface area contributed by atoms with Gasteiger partial charge >= 0.3 is 0 Å². The van der Waals surface area contributed by atoms with Crippen LogP contribution in [0.15, 0.2) is 152 Å². The van der Waals surface area contributed by atoms with Gasteiger partial charge in [0.2, 0.25) is 5.95 Å². The summed E-state index contributed by atoms with van der Waals surface area (Å²) in [6.45, 7) is 0. The smallest absolute Gasteiger partial charge is 0.235 e. The van der Waals surface area contributed by atoms with Gasteiger partial charge in [0.15, 0.2) is 0 Å². The Morgan fingerprint density at radius 3 is 1.93 bits per heavy atom. The zero-order valence-electron chi connectivity index (χ0n) is 30.2. The van der Waals surface area contributed by atoms with E-state index in [2.05, 4.69) is 156 Å². The van der Waals surface area contributed by atoms with Crippen LogP contribution < -0.4 is 0 Å². The molecule has 0 fully saturated rings. The van der Waals surface area contributed by atoms with E-state index in [1.807, 2.05) is 0 Å². The number of nitrogens with zero attached hydrogens (tertiary/aromatic N) is 3. The lowest BCUT2D eigenvalue weighted by atomic mass is 9.85. The third kappa shape index (κ3) is 4.81. The van der Waals surface area contributed by atoms with Gasteiger partial charge in [-0.05, 0) is 92.4 Å². The molecule has 1 aliphatic rings. The van der Waals surface area contributed by atoms with Crippen molar-refractivity contribution in [1.29, 1.82) is 0 Å². The number of benzene rings is 8.